The van der Waals surface area contributed by atoms with Gasteiger partial charge in [0.05, 0.1) is 17.1 Å². The molecule has 0 unspecified atom stereocenters. The van der Waals surface area contributed by atoms with Gasteiger partial charge in [0.25, 0.3) is 0 Å². The standard InChI is InChI=1S/C22H25N7O2/c1-13(2)26-21(31-23)14-10-29(11-14)19-9-18(24-12-25-19)20-16-8-15(30-22(3)6-7-22)4-5-17(16)27-28-20/h4-5,8-9,12,14H,1,6-7,10-11,23H2,2-3H3,(H,27,28). The first-order valence-corrected chi connectivity index (χ1v) is 10.3. The zero-order valence-electron chi connectivity index (χ0n) is 17.6. The molecule has 2 aromatic heterocycles. The first kappa shape index (κ1) is 19.5. The van der Waals surface area contributed by atoms with Crippen molar-refractivity contribution in [3.05, 3.63) is 42.9 Å². The summed E-state index contributed by atoms with van der Waals surface area (Å²) in [6, 6.07) is 7.94. The molecular weight excluding hydrogens is 394 g/mol. The first-order chi connectivity index (χ1) is 14.9. The van der Waals surface area contributed by atoms with E-state index in [1.54, 1.807) is 6.33 Å². The zero-order valence-corrected chi connectivity index (χ0v) is 17.6. The number of nitrogens with two attached hydrogens (primary N) is 1. The quantitative estimate of drug-likeness (QED) is 0.358. The van der Waals surface area contributed by atoms with Crippen LogP contribution in [0.4, 0.5) is 5.82 Å². The molecule has 9 heteroatoms. The number of rotatable bonds is 6. The largest absolute Gasteiger partial charge is 0.488 e. The van der Waals surface area contributed by atoms with Crippen molar-refractivity contribution in [2.45, 2.75) is 32.3 Å². The molecule has 0 spiro atoms. The van der Waals surface area contributed by atoms with Gasteiger partial charge in [0, 0.05) is 30.2 Å². The molecular formula is C22H25N7O2. The van der Waals surface area contributed by atoms with E-state index in [9.17, 15) is 0 Å². The molecule has 0 bridgehead atoms. The van der Waals surface area contributed by atoms with Gasteiger partial charge in [-0.3, -0.25) is 5.10 Å². The average molecular weight is 419 g/mol. The molecule has 1 aromatic carbocycles. The number of aliphatic imine (C=N–C) groups is 1. The Morgan fingerprint density at radius 3 is 2.81 bits per heavy atom. The van der Waals surface area contributed by atoms with Gasteiger partial charge < -0.3 is 14.5 Å². The summed E-state index contributed by atoms with van der Waals surface area (Å²) in [6.45, 7) is 9.13. The number of nitrogens with zero attached hydrogens (tertiary/aromatic N) is 5. The maximum Gasteiger partial charge on any atom is 0.220 e. The van der Waals surface area contributed by atoms with Gasteiger partial charge in [-0.05, 0) is 44.9 Å². The van der Waals surface area contributed by atoms with Crippen LogP contribution in [0.15, 0.2) is 47.9 Å². The third-order valence-electron chi connectivity index (χ3n) is 5.72. The van der Waals surface area contributed by atoms with Crippen LogP contribution in [0.2, 0.25) is 0 Å². The molecule has 31 heavy (non-hydrogen) atoms. The second-order valence-electron chi connectivity index (χ2n) is 8.50. The third kappa shape index (κ3) is 3.84. The Morgan fingerprint density at radius 1 is 1.29 bits per heavy atom. The molecule has 3 aromatic rings. The molecule has 3 heterocycles. The Kier molecular flexibility index (Phi) is 4.62. The van der Waals surface area contributed by atoms with Crippen molar-refractivity contribution >= 4 is 22.6 Å². The topological polar surface area (TPSA) is 115 Å². The fourth-order valence-electron chi connectivity index (χ4n) is 3.69. The van der Waals surface area contributed by atoms with Gasteiger partial charge in [0.1, 0.15) is 29.2 Å². The molecule has 3 N–H and O–H groups in total. The fraction of sp³-hybridized carbons (Fsp3) is 0.364. The average Bonchev–Trinajstić information content (AvgIpc) is 3.28. The Morgan fingerprint density at radius 2 is 2.10 bits per heavy atom. The molecule has 2 fully saturated rings. The van der Waals surface area contributed by atoms with Crippen LogP contribution < -0.4 is 15.5 Å². The summed E-state index contributed by atoms with van der Waals surface area (Å²) in [5.41, 5.74) is 3.09. The van der Waals surface area contributed by atoms with Crippen LogP contribution in [0.5, 0.6) is 5.75 Å². The lowest BCUT2D eigenvalue weighted by Crippen LogP contribution is -2.51. The number of nitrogens with one attached hydrogen (secondary N) is 1. The lowest BCUT2D eigenvalue weighted by atomic mass is 10.00. The van der Waals surface area contributed by atoms with Crippen molar-refractivity contribution in [2.24, 2.45) is 16.8 Å². The third-order valence-corrected chi connectivity index (χ3v) is 5.72. The number of ether oxygens (including phenoxy) is 1. The zero-order chi connectivity index (χ0) is 21.6. The summed E-state index contributed by atoms with van der Waals surface area (Å²) in [4.78, 5) is 20.2. The maximum absolute atomic E-state index is 6.12. The number of allylic oxidation sites excluding steroid dienone is 1. The molecule has 1 aliphatic carbocycles. The van der Waals surface area contributed by atoms with Crippen LogP contribution in [-0.2, 0) is 4.84 Å². The van der Waals surface area contributed by atoms with E-state index in [1.807, 2.05) is 31.2 Å². The minimum Gasteiger partial charge on any atom is -0.488 e. The number of fused-ring (bicyclic) bond motifs is 1. The highest BCUT2D eigenvalue weighted by atomic mass is 16.6. The monoisotopic (exact) mass is 419 g/mol. The number of H-pyrrole nitrogens is 1. The number of anilines is 1. The Labute approximate surface area is 179 Å². The number of benzene rings is 1. The molecule has 9 nitrogen and oxygen atoms in total. The summed E-state index contributed by atoms with van der Waals surface area (Å²) in [5, 5.41) is 8.55. The van der Waals surface area contributed by atoms with Crippen molar-refractivity contribution in [2.75, 3.05) is 18.0 Å². The second kappa shape index (κ2) is 7.35. The second-order valence-corrected chi connectivity index (χ2v) is 8.50. The summed E-state index contributed by atoms with van der Waals surface area (Å²) in [5.74, 6) is 7.64. The molecule has 0 amide bonds. The Hall–Kier alpha value is -3.46. The molecule has 160 valence electrons. The Balaban J connectivity index is 1.38. The number of hydrogen-bond acceptors (Lipinski definition) is 8. The van der Waals surface area contributed by atoms with Crippen LogP contribution in [0.3, 0.4) is 0 Å². The predicted octanol–water partition coefficient (Wildman–Crippen LogP) is 3.21. The van der Waals surface area contributed by atoms with E-state index in [0.717, 1.165) is 46.7 Å². The van der Waals surface area contributed by atoms with E-state index in [0.29, 0.717) is 24.7 Å². The first-order valence-electron chi connectivity index (χ1n) is 10.3. The predicted molar refractivity (Wildman–Crippen MR) is 119 cm³/mol. The van der Waals surface area contributed by atoms with Crippen molar-refractivity contribution in [3.63, 3.8) is 0 Å². The summed E-state index contributed by atoms with van der Waals surface area (Å²) < 4.78 is 6.12. The van der Waals surface area contributed by atoms with Crippen LogP contribution in [-0.4, -0.2) is 44.8 Å². The van der Waals surface area contributed by atoms with Gasteiger partial charge in [0.15, 0.2) is 0 Å². The summed E-state index contributed by atoms with van der Waals surface area (Å²) in [7, 11) is 0. The number of hydrogen-bond donors (Lipinski definition) is 2. The minimum absolute atomic E-state index is 0.0345. The van der Waals surface area contributed by atoms with E-state index in [4.69, 9.17) is 15.5 Å². The molecule has 0 radical (unpaired) electrons. The minimum atomic E-state index is -0.0345. The van der Waals surface area contributed by atoms with Gasteiger partial charge in [-0.15, -0.1) is 0 Å². The maximum atomic E-state index is 6.12. The van der Waals surface area contributed by atoms with Crippen molar-refractivity contribution in [1.29, 1.82) is 0 Å². The normalized spacial score (nSPS) is 18.0. The van der Waals surface area contributed by atoms with E-state index in [1.165, 1.54) is 0 Å². The van der Waals surface area contributed by atoms with E-state index < -0.39 is 0 Å². The summed E-state index contributed by atoms with van der Waals surface area (Å²) >= 11 is 0. The Bertz CT molecular complexity index is 1180. The van der Waals surface area contributed by atoms with E-state index >= 15 is 0 Å². The molecule has 2 aliphatic rings. The lowest BCUT2D eigenvalue weighted by molar-refractivity contribution is 0.200. The molecule has 1 saturated heterocycles. The van der Waals surface area contributed by atoms with Crippen LogP contribution >= 0.6 is 0 Å². The highest BCUT2D eigenvalue weighted by Gasteiger charge is 2.40. The molecule has 1 aliphatic heterocycles. The number of aromatic nitrogens is 4. The number of aromatic amines is 1. The van der Waals surface area contributed by atoms with Gasteiger partial charge in [-0.2, -0.15) is 11.0 Å². The van der Waals surface area contributed by atoms with Crippen molar-refractivity contribution in [3.8, 4) is 17.1 Å². The van der Waals surface area contributed by atoms with Crippen LogP contribution in [0.25, 0.3) is 22.3 Å². The van der Waals surface area contributed by atoms with E-state index in [2.05, 4.69) is 43.6 Å². The van der Waals surface area contributed by atoms with Gasteiger partial charge >= 0.3 is 0 Å². The molecule has 0 atom stereocenters. The summed E-state index contributed by atoms with van der Waals surface area (Å²) in [6.07, 6.45) is 3.74. The van der Waals surface area contributed by atoms with Gasteiger partial charge in [0.2, 0.25) is 5.90 Å². The van der Waals surface area contributed by atoms with Crippen LogP contribution in [0, 0.1) is 5.92 Å². The van der Waals surface area contributed by atoms with Crippen molar-refractivity contribution < 1.29 is 9.57 Å². The molecule has 5 rings (SSSR count). The highest BCUT2D eigenvalue weighted by Crippen LogP contribution is 2.40. The SMILES string of the molecule is C=C(C)N=C(ON)C1CN(c2cc(-c3n[nH]c4ccc(OC5(C)CC5)cc34)ncn2)C1. The van der Waals surface area contributed by atoms with Gasteiger partial charge in [-0.1, -0.05) is 6.58 Å². The fourth-order valence-corrected chi connectivity index (χ4v) is 3.69. The van der Waals surface area contributed by atoms with Crippen molar-refractivity contribution in [1.82, 2.24) is 20.2 Å². The van der Waals surface area contributed by atoms with Crippen LogP contribution in [0.1, 0.15) is 26.7 Å². The molecule has 1 saturated carbocycles. The smallest absolute Gasteiger partial charge is 0.220 e. The lowest BCUT2D eigenvalue weighted by Gasteiger charge is -2.39. The van der Waals surface area contributed by atoms with Gasteiger partial charge in [-0.25, -0.2) is 15.0 Å². The van der Waals surface area contributed by atoms with E-state index in [-0.39, 0.29) is 11.5 Å². The highest BCUT2D eigenvalue weighted by molar-refractivity contribution is 5.93.